The van der Waals surface area contributed by atoms with Crippen LogP contribution in [-0.4, -0.2) is 0 Å². The summed E-state index contributed by atoms with van der Waals surface area (Å²) >= 11 is 0. The van der Waals surface area contributed by atoms with E-state index in [1.807, 2.05) is 0 Å². The topological polar surface area (TPSA) is 3.88 Å². The molecule has 0 atom stereocenters. The zero-order valence-electron chi connectivity index (χ0n) is 15.0. The van der Waals surface area contributed by atoms with Gasteiger partial charge >= 0.3 is 0 Å². The van der Waals surface area contributed by atoms with Crippen LogP contribution in [-0.2, 0) is 7.05 Å². The van der Waals surface area contributed by atoms with E-state index in [2.05, 4.69) is 104 Å². The Bertz CT molecular complexity index is 1300. The van der Waals surface area contributed by atoms with Crippen molar-refractivity contribution < 1.29 is 4.57 Å². The van der Waals surface area contributed by atoms with Crippen LogP contribution in [0.5, 0.6) is 0 Å². The number of hydrogen-bond donors (Lipinski definition) is 0. The molecular weight excluding hydrogens is 314 g/mol. The molecule has 0 spiro atoms. The van der Waals surface area contributed by atoms with Gasteiger partial charge in [-0.05, 0) is 51.6 Å². The van der Waals surface area contributed by atoms with Crippen LogP contribution in [0.15, 0.2) is 85.1 Å². The Hall–Kier alpha value is -3.19. The smallest absolute Gasteiger partial charge is 0.200 e. The second-order valence-corrected chi connectivity index (χ2v) is 6.98. The molecule has 1 nitrogen and oxygen atoms in total. The average molecular weight is 334 g/mol. The third-order valence-corrected chi connectivity index (χ3v) is 5.50. The predicted molar refractivity (Wildman–Crippen MR) is 110 cm³/mol. The Labute approximate surface area is 153 Å². The molecule has 26 heavy (non-hydrogen) atoms. The lowest BCUT2D eigenvalue weighted by Gasteiger charge is -2.12. The molecular formula is C25H20N+. The molecule has 0 unspecified atom stereocenters. The third kappa shape index (κ3) is 2.14. The van der Waals surface area contributed by atoms with E-state index in [-0.39, 0.29) is 0 Å². The van der Waals surface area contributed by atoms with Gasteiger partial charge in [-0.15, -0.1) is 0 Å². The second-order valence-electron chi connectivity index (χ2n) is 6.98. The van der Waals surface area contributed by atoms with E-state index in [1.165, 1.54) is 49.1 Å². The quantitative estimate of drug-likeness (QED) is 0.263. The van der Waals surface area contributed by atoms with Crippen LogP contribution in [0.25, 0.3) is 43.6 Å². The van der Waals surface area contributed by atoms with Crippen molar-refractivity contribution in [2.24, 2.45) is 7.05 Å². The summed E-state index contributed by atoms with van der Waals surface area (Å²) < 4.78 is 2.23. The lowest BCUT2D eigenvalue weighted by atomic mass is 9.92. The SMILES string of the molecule is Cc1c(-c2c3ccccc3cc[n+]2C)ccc2c1ccc1ccccc12. The van der Waals surface area contributed by atoms with Crippen molar-refractivity contribution in [3.8, 4) is 11.3 Å². The molecule has 4 aromatic carbocycles. The van der Waals surface area contributed by atoms with E-state index in [4.69, 9.17) is 0 Å². The maximum Gasteiger partial charge on any atom is 0.220 e. The number of rotatable bonds is 1. The molecule has 0 aliphatic heterocycles. The first-order valence-corrected chi connectivity index (χ1v) is 9.03. The number of hydrogen-bond acceptors (Lipinski definition) is 0. The molecule has 0 amide bonds. The highest BCUT2D eigenvalue weighted by atomic mass is 14.9. The number of benzene rings is 4. The number of fused-ring (bicyclic) bond motifs is 4. The Balaban J connectivity index is 1.88. The Morgan fingerprint density at radius 1 is 0.577 bits per heavy atom. The highest BCUT2D eigenvalue weighted by Gasteiger charge is 2.18. The van der Waals surface area contributed by atoms with E-state index < -0.39 is 0 Å². The van der Waals surface area contributed by atoms with Crippen LogP contribution in [0, 0.1) is 6.92 Å². The van der Waals surface area contributed by atoms with Gasteiger partial charge in [-0.25, -0.2) is 4.57 Å². The van der Waals surface area contributed by atoms with Crippen LogP contribution >= 0.6 is 0 Å². The van der Waals surface area contributed by atoms with Gasteiger partial charge in [-0.2, -0.15) is 0 Å². The average Bonchev–Trinajstić information content (AvgIpc) is 2.69. The molecule has 1 heterocycles. The van der Waals surface area contributed by atoms with E-state index in [1.54, 1.807) is 0 Å². The molecule has 5 rings (SSSR count). The second kappa shape index (κ2) is 5.67. The van der Waals surface area contributed by atoms with E-state index in [0.717, 1.165) is 0 Å². The predicted octanol–water partition coefficient (Wildman–Crippen LogP) is 5.95. The van der Waals surface area contributed by atoms with Crippen LogP contribution in [0.4, 0.5) is 0 Å². The summed E-state index contributed by atoms with van der Waals surface area (Å²) in [5.41, 5.74) is 3.91. The number of nitrogens with zero attached hydrogens (tertiary/aromatic N) is 1. The fourth-order valence-electron chi connectivity index (χ4n) is 4.15. The first-order chi connectivity index (χ1) is 12.7. The van der Waals surface area contributed by atoms with Crippen molar-refractivity contribution >= 4 is 32.3 Å². The highest BCUT2D eigenvalue weighted by Crippen LogP contribution is 2.34. The van der Waals surface area contributed by atoms with Gasteiger partial charge in [0.05, 0.1) is 10.9 Å². The minimum absolute atomic E-state index is 1.27. The number of aryl methyl sites for hydroxylation is 2. The maximum atomic E-state index is 2.28. The van der Waals surface area contributed by atoms with E-state index in [9.17, 15) is 0 Å². The Kier molecular flexibility index (Phi) is 3.29. The summed E-state index contributed by atoms with van der Waals surface area (Å²) in [4.78, 5) is 0. The lowest BCUT2D eigenvalue weighted by molar-refractivity contribution is -0.659. The van der Waals surface area contributed by atoms with Gasteiger partial charge in [0.2, 0.25) is 5.69 Å². The summed E-state index contributed by atoms with van der Waals surface area (Å²) in [7, 11) is 2.13. The summed E-state index contributed by atoms with van der Waals surface area (Å²) in [6.07, 6.45) is 2.15. The molecule has 0 fully saturated rings. The fraction of sp³-hybridized carbons (Fsp3) is 0.0800. The highest BCUT2D eigenvalue weighted by molar-refractivity contribution is 6.10. The van der Waals surface area contributed by atoms with Gasteiger partial charge in [-0.1, -0.05) is 60.7 Å². The lowest BCUT2D eigenvalue weighted by Crippen LogP contribution is -2.30. The van der Waals surface area contributed by atoms with Crippen LogP contribution in [0.3, 0.4) is 0 Å². The van der Waals surface area contributed by atoms with E-state index in [0.29, 0.717) is 0 Å². The minimum Gasteiger partial charge on any atom is -0.200 e. The normalized spacial score (nSPS) is 11.5. The molecule has 5 aromatic rings. The Morgan fingerprint density at radius 2 is 1.23 bits per heavy atom. The Morgan fingerprint density at radius 3 is 2.04 bits per heavy atom. The van der Waals surface area contributed by atoms with Gasteiger partial charge in [0.15, 0.2) is 6.20 Å². The molecule has 0 aliphatic carbocycles. The number of pyridine rings is 1. The van der Waals surface area contributed by atoms with Crippen LogP contribution in [0.1, 0.15) is 5.56 Å². The van der Waals surface area contributed by atoms with Crippen molar-refractivity contribution in [2.45, 2.75) is 6.92 Å². The van der Waals surface area contributed by atoms with Gasteiger partial charge in [0.25, 0.3) is 0 Å². The van der Waals surface area contributed by atoms with Gasteiger partial charge in [-0.3, -0.25) is 0 Å². The van der Waals surface area contributed by atoms with E-state index >= 15 is 0 Å². The van der Waals surface area contributed by atoms with Crippen molar-refractivity contribution in [3.05, 3.63) is 90.6 Å². The molecule has 124 valence electrons. The number of aromatic nitrogens is 1. The molecule has 1 heteroatoms. The molecule has 0 saturated heterocycles. The van der Waals surface area contributed by atoms with Crippen molar-refractivity contribution in [2.75, 3.05) is 0 Å². The van der Waals surface area contributed by atoms with Crippen LogP contribution < -0.4 is 4.57 Å². The first-order valence-electron chi connectivity index (χ1n) is 9.03. The standard InChI is InChI=1S/C25H20N/c1-17-20-12-11-18-7-3-5-9-22(18)24(20)14-13-21(17)25-23-10-6-4-8-19(23)15-16-26(25)2/h3-16H,1-2H3/q+1. The van der Waals surface area contributed by atoms with Crippen molar-refractivity contribution in [1.82, 2.24) is 0 Å². The van der Waals surface area contributed by atoms with Gasteiger partial charge in [0.1, 0.15) is 7.05 Å². The summed E-state index contributed by atoms with van der Waals surface area (Å²) in [6.45, 7) is 2.24. The molecule has 0 saturated carbocycles. The van der Waals surface area contributed by atoms with Gasteiger partial charge < -0.3 is 0 Å². The van der Waals surface area contributed by atoms with Crippen LogP contribution in [0.2, 0.25) is 0 Å². The monoisotopic (exact) mass is 334 g/mol. The summed E-state index contributed by atoms with van der Waals surface area (Å²) in [5, 5.41) is 7.84. The van der Waals surface area contributed by atoms with Crippen molar-refractivity contribution in [1.29, 1.82) is 0 Å². The fourth-order valence-corrected chi connectivity index (χ4v) is 4.15. The summed E-state index contributed by atoms with van der Waals surface area (Å²) in [6, 6.07) is 28.5. The molecule has 0 N–H and O–H groups in total. The van der Waals surface area contributed by atoms with Gasteiger partial charge in [0, 0.05) is 6.07 Å². The largest absolute Gasteiger partial charge is 0.220 e. The molecule has 1 aromatic heterocycles. The zero-order valence-corrected chi connectivity index (χ0v) is 15.0. The third-order valence-electron chi connectivity index (χ3n) is 5.50. The zero-order chi connectivity index (χ0) is 17.7. The molecule has 0 radical (unpaired) electrons. The first kappa shape index (κ1) is 15.1. The molecule has 0 bridgehead atoms. The maximum absolute atomic E-state index is 2.28. The summed E-state index contributed by atoms with van der Waals surface area (Å²) in [5.74, 6) is 0. The minimum atomic E-state index is 1.27. The van der Waals surface area contributed by atoms with Crippen molar-refractivity contribution in [3.63, 3.8) is 0 Å². The molecule has 0 aliphatic rings.